The number of fused-ring (bicyclic) bond motifs is 5. The molecule has 172 valence electrons. The fraction of sp³-hybridized carbons (Fsp3) is 0.400. The first kappa shape index (κ1) is 21.5. The molecule has 33 heavy (non-hydrogen) atoms. The van der Waals surface area contributed by atoms with Crippen LogP contribution in [0.2, 0.25) is 0 Å². The molecule has 2 aromatic rings. The van der Waals surface area contributed by atoms with Gasteiger partial charge in [0.1, 0.15) is 12.6 Å². The molecule has 2 aliphatic heterocycles. The number of carboxylic acids is 1. The zero-order chi connectivity index (χ0) is 23.2. The summed E-state index contributed by atoms with van der Waals surface area (Å²) in [6.45, 7) is 2.84. The molecular formula is C25H26N2O6. The summed E-state index contributed by atoms with van der Waals surface area (Å²) in [6, 6.07) is 14.7. The van der Waals surface area contributed by atoms with Gasteiger partial charge in [0, 0.05) is 18.9 Å². The molecule has 0 spiro atoms. The molecular weight excluding hydrogens is 424 g/mol. The van der Waals surface area contributed by atoms with Crippen LogP contribution in [0.3, 0.4) is 0 Å². The zero-order valence-electron chi connectivity index (χ0n) is 18.3. The second-order valence-corrected chi connectivity index (χ2v) is 9.21. The van der Waals surface area contributed by atoms with Crippen LogP contribution >= 0.6 is 0 Å². The minimum atomic E-state index is -1.19. The molecule has 2 saturated heterocycles. The van der Waals surface area contributed by atoms with Crippen molar-refractivity contribution in [3.63, 3.8) is 0 Å². The van der Waals surface area contributed by atoms with Crippen molar-refractivity contribution in [3.8, 4) is 11.1 Å². The fourth-order valence-electron chi connectivity index (χ4n) is 5.33. The third kappa shape index (κ3) is 3.95. The van der Waals surface area contributed by atoms with E-state index in [0.29, 0.717) is 19.6 Å². The summed E-state index contributed by atoms with van der Waals surface area (Å²) in [5, 5.41) is 11.8. The van der Waals surface area contributed by atoms with Gasteiger partial charge in [0.05, 0.1) is 24.7 Å². The monoisotopic (exact) mass is 450 g/mol. The first-order chi connectivity index (χ1) is 15.8. The van der Waals surface area contributed by atoms with Crippen molar-refractivity contribution < 1.29 is 29.0 Å². The van der Waals surface area contributed by atoms with E-state index in [-0.39, 0.29) is 18.6 Å². The number of carboxylic acid groups (broad SMARTS) is 1. The lowest BCUT2D eigenvalue weighted by molar-refractivity contribution is -0.146. The average molecular weight is 450 g/mol. The Morgan fingerprint density at radius 1 is 1.15 bits per heavy atom. The van der Waals surface area contributed by atoms with Crippen LogP contribution in [0.15, 0.2) is 48.5 Å². The average Bonchev–Trinajstić information content (AvgIpc) is 3.44. The van der Waals surface area contributed by atoms with Crippen LogP contribution in [0.1, 0.15) is 36.8 Å². The molecule has 1 aliphatic carbocycles. The number of rotatable bonds is 6. The number of nitrogens with one attached hydrogen (secondary N) is 1. The number of hydrogen-bond donors (Lipinski definition) is 2. The summed E-state index contributed by atoms with van der Waals surface area (Å²) in [7, 11) is 0. The lowest BCUT2D eigenvalue weighted by Gasteiger charge is -2.33. The summed E-state index contributed by atoms with van der Waals surface area (Å²) < 4.78 is 11.2. The van der Waals surface area contributed by atoms with Crippen LogP contribution in [-0.4, -0.2) is 65.4 Å². The second kappa shape index (κ2) is 8.19. The highest BCUT2D eigenvalue weighted by Crippen LogP contribution is 2.44. The first-order valence-corrected chi connectivity index (χ1v) is 11.1. The highest BCUT2D eigenvalue weighted by molar-refractivity contribution is 5.90. The van der Waals surface area contributed by atoms with Crippen molar-refractivity contribution in [2.45, 2.75) is 43.4 Å². The van der Waals surface area contributed by atoms with Gasteiger partial charge in [-0.15, -0.1) is 0 Å². The van der Waals surface area contributed by atoms with E-state index < -0.39 is 36.0 Å². The highest BCUT2D eigenvalue weighted by atomic mass is 16.5. The van der Waals surface area contributed by atoms with Crippen LogP contribution in [0, 0.1) is 0 Å². The predicted molar refractivity (Wildman–Crippen MR) is 119 cm³/mol. The highest BCUT2D eigenvalue weighted by Gasteiger charge is 2.50. The SMILES string of the molecule is CC12CC(CO1)N(C(=O)C(CC(=O)O)NC(=O)OCC1c3ccccc3-c3ccccc31)C2. The Labute approximate surface area is 191 Å². The summed E-state index contributed by atoms with van der Waals surface area (Å²) >= 11 is 0. The quantitative estimate of drug-likeness (QED) is 0.701. The molecule has 3 aliphatic rings. The van der Waals surface area contributed by atoms with Gasteiger partial charge < -0.3 is 24.8 Å². The van der Waals surface area contributed by atoms with Crippen LogP contribution in [0.25, 0.3) is 11.1 Å². The Kier molecular flexibility index (Phi) is 5.32. The molecule has 2 fully saturated rings. The van der Waals surface area contributed by atoms with Gasteiger partial charge in [-0.3, -0.25) is 9.59 Å². The van der Waals surface area contributed by atoms with Gasteiger partial charge in [0.2, 0.25) is 5.91 Å². The van der Waals surface area contributed by atoms with Gasteiger partial charge in [-0.1, -0.05) is 48.5 Å². The van der Waals surface area contributed by atoms with Crippen LogP contribution in [0.4, 0.5) is 4.79 Å². The van der Waals surface area contributed by atoms with Crippen LogP contribution < -0.4 is 5.32 Å². The molecule has 2 N–H and O–H groups in total. The molecule has 8 heteroatoms. The van der Waals surface area contributed by atoms with Gasteiger partial charge in [0.15, 0.2) is 0 Å². The van der Waals surface area contributed by atoms with E-state index >= 15 is 0 Å². The van der Waals surface area contributed by atoms with Crippen molar-refractivity contribution in [2.24, 2.45) is 0 Å². The Balaban J connectivity index is 1.26. The molecule has 5 rings (SSSR count). The maximum atomic E-state index is 13.1. The molecule has 2 aromatic carbocycles. The molecule has 0 saturated carbocycles. The molecule has 2 heterocycles. The van der Waals surface area contributed by atoms with Crippen molar-refractivity contribution in [2.75, 3.05) is 19.8 Å². The number of ether oxygens (including phenoxy) is 2. The van der Waals surface area contributed by atoms with Gasteiger partial charge >= 0.3 is 12.1 Å². The smallest absolute Gasteiger partial charge is 0.407 e. The molecule has 3 unspecified atom stereocenters. The lowest BCUT2D eigenvalue weighted by Crippen LogP contribution is -2.54. The summed E-state index contributed by atoms with van der Waals surface area (Å²) in [5.41, 5.74) is 3.97. The molecule has 0 radical (unpaired) electrons. The number of morpholine rings is 1. The number of carbonyl (C=O) groups is 3. The van der Waals surface area contributed by atoms with E-state index in [1.807, 2.05) is 55.5 Å². The third-order valence-corrected chi connectivity index (χ3v) is 6.83. The number of likely N-dealkylation sites (tertiary alicyclic amines) is 1. The van der Waals surface area contributed by atoms with Gasteiger partial charge in [-0.25, -0.2) is 4.79 Å². The minimum absolute atomic E-state index is 0.0894. The topological polar surface area (TPSA) is 105 Å². The number of hydrogen-bond acceptors (Lipinski definition) is 5. The van der Waals surface area contributed by atoms with E-state index in [1.165, 1.54) is 0 Å². The Bertz CT molecular complexity index is 1070. The van der Waals surface area contributed by atoms with Crippen molar-refractivity contribution >= 4 is 18.0 Å². The fourth-order valence-corrected chi connectivity index (χ4v) is 5.33. The molecule has 2 bridgehead atoms. The van der Waals surface area contributed by atoms with E-state index in [2.05, 4.69) is 5.32 Å². The van der Waals surface area contributed by atoms with Gasteiger partial charge in [0.25, 0.3) is 0 Å². The number of aliphatic carboxylic acids is 1. The standard InChI is InChI=1S/C25H26N2O6/c1-25-11-15(12-33-25)27(14-25)23(30)21(10-22(28)29)26-24(31)32-13-20-18-8-4-2-6-16(18)17-7-3-5-9-19(17)20/h2-9,15,20-21H,10-14H2,1H3,(H,26,31)(H,28,29). The predicted octanol–water partition coefficient (Wildman–Crippen LogP) is 2.76. The van der Waals surface area contributed by atoms with Crippen molar-refractivity contribution in [1.82, 2.24) is 10.2 Å². The van der Waals surface area contributed by atoms with Crippen LogP contribution in [0.5, 0.6) is 0 Å². The number of amides is 2. The molecule has 8 nitrogen and oxygen atoms in total. The third-order valence-electron chi connectivity index (χ3n) is 6.83. The number of carbonyl (C=O) groups excluding carboxylic acids is 2. The second-order valence-electron chi connectivity index (χ2n) is 9.21. The van der Waals surface area contributed by atoms with E-state index in [4.69, 9.17) is 9.47 Å². The van der Waals surface area contributed by atoms with E-state index in [1.54, 1.807) is 4.90 Å². The van der Waals surface area contributed by atoms with Crippen molar-refractivity contribution in [3.05, 3.63) is 59.7 Å². The van der Waals surface area contributed by atoms with E-state index in [0.717, 1.165) is 22.3 Å². The largest absolute Gasteiger partial charge is 0.481 e. The number of alkyl carbamates (subject to hydrolysis) is 1. The maximum absolute atomic E-state index is 13.1. The number of benzene rings is 2. The maximum Gasteiger partial charge on any atom is 0.407 e. The lowest BCUT2D eigenvalue weighted by atomic mass is 9.98. The Morgan fingerprint density at radius 2 is 1.79 bits per heavy atom. The van der Waals surface area contributed by atoms with Gasteiger partial charge in [-0.05, 0) is 29.2 Å². The normalized spacial score (nSPS) is 23.7. The molecule has 0 aromatic heterocycles. The van der Waals surface area contributed by atoms with Crippen LogP contribution in [-0.2, 0) is 19.1 Å². The van der Waals surface area contributed by atoms with Crippen molar-refractivity contribution in [1.29, 1.82) is 0 Å². The summed E-state index contributed by atoms with van der Waals surface area (Å²) in [6.07, 6.45) is -0.601. The van der Waals surface area contributed by atoms with E-state index in [9.17, 15) is 19.5 Å². The summed E-state index contributed by atoms with van der Waals surface area (Å²) in [5.74, 6) is -1.70. The summed E-state index contributed by atoms with van der Waals surface area (Å²) in [4.78, 5) is 38.7. The Hall–Kier alpha value is -3.39. The minimum Gasteiger partial charge on any atom is -0.481 e. The molecule has 2 amide bonds. The van der Waals surface area contributed by atoms with Gasteiger partial charge in [-0.2, -0.15) is 0 Å². The first-order valence-electron chi connectivity index (χ1n) is 11.1. The zero-order valence-corrected chi connectivity index (χ0v) is 18.3. The molecule has 3 atom stereocenters. The Morgan fingerprint density at radius 3 is 2.33 bits per heavy atom. The number of nitrogens with zero attached hydrogens (tertiary/aromatic N) is 1.